The molecule has 0 atom stereocenters. The van der Waals surface area contributed by atoms with Crippen molar-refractivity contribution in [3.05, 3.63) is 22.4 Å². The van der Waals surface area contributed by atoms with Crippen molar-refractivity contribution in [1.29, 1.82) is 0 Å². The van der Waals surface area contributed by atoms with Gasteiger partial charge in [-0.15, -0.1) is 11.3 Å². The van der Waals surface area contributed by atoms with Crippen LogP contribution in [0.15, 0.2) is 17.5 Å². The van der Waals surface area contributed by atoms with Crippen LogP contribution in [0.25, 0.3) is 0 Å². The number of methoxy groups -OCH3 is 1. The molecule has 6 heteroatoms. The summed E-state index contributed by atoms with van der Waals surface area (Å²) in [7, 11) is 1.31. The van der Waals surface area contributed by atoms with E-state index in [0.29, 0.717) is 4.88 Å². The number of esters is 1. The van der Waals surface area contributed by atoms with Crippen LogP contribution >= 0.6 is 11.3 Å². The summed E-state index contributed by atoms with van der Waals surface area (Å²) in [6.45, 7) is 3.56. The van der Waals surface area contributed by atoms with Crippen molar-refractivity contribution in [2.45, 2.75) is 25.8 Å². The zero-order chi connectivity index (χ0) is 14.5. The molecule has 0 aliphatic heterocycles. The summed E-state index contributed by atoms with van der Waals surface area (Å²) in [6, 6.07) is 3.52. The summed E-state index contributed by atoms with van der Waals surface area (Å²) in [5.74, 6) is -0.560. The van der Waals surface area contributed by atoms with Crippen molar-refractivity contribution in [2.24, 2.45) is 0 Å². The molecule has 0 unspecified atom stereocenters. The van der Waals surface area contributed by atoms with E-state index >= 15 is 0 Å². The first-order chi connectivity index (χ1) is 8.92. The first kappa shape index (κ1) is 15.7. The van der Waals surface area contributed by atoms with Gasteiger partial charge in [-0.2, -0.15) is 0 Å². The second-order valence-electron chi connectivity index (χ2n) is 4.73. The van der Waals surface area contributed by atoms with Crippen molar-refractivity contribution >= 4 is 23.2 Å². The number of ether oxygens (including phenoxy) is 1. The second-order valence-corrected chi connectivity index (χ2v) is 5.68. The maximum atomic E-state index is 12.4. The average Bonchev–Trinajstić information content (AvgIpc) is 2.92. The maximum absolute atomic E-state index is 12.4. The van der Waals surface area contributed by atoms with Crippen LogP contribution in [0.5, 0.6) is 0 Å². The summed E-state index contributed by atoms with van der Waals surface area (Å²) in [5, 5.41) is 11.2. The third kappa shape index (κ3) is 4.04. The summed E-state index contributed by atoms with van der Waals surface area (Å²) in [5.41, 5.74) is -0.727. The molecule has 1 aromatic heterocycles. The maximum Gasteiger partial charge on any atom is 0.307 e. The summed E-state index contributed by atoms with van der Waals surface area (Å²) >= 11 is 1.34. The van der Waals surface area contributed by atoms with Crippen LogP contribution in [-0.4, -0.2) is 47.7 Å². The monoisotopic (exact) mass is 285 g/mol. The molecule has 1 N–H and O–H groups in total. The van der Waals surface area contributed by atoms with Gasteiger partial charge in [0.1, 0.15) is 0 Å². The van der Waals surface area contributed by atoms with Gasteiger partial charge in [0, 0.05) is 6.54 Å². The van der Waals surface area contributed by atoms with E-state index < -0.39 is 5.54 Å². The number of rotatable bonds is 6. The fourth-order valence-electron chi connectivity index (χ4n) is 1.60. The number of carbonyl (C=O) groups excluding carboxylic acids is 2. The summed E-state index contributed by atoms with van der Waals surface area (Å²) < 4.78 is 4.58. The molecule has 0 aliphatic carbocycles. The molecule has 0 bridgehead atoms. The van der Waals surface area contributed by atoms with Gasteiger partial charge in [0.05, 0.1) is 30.6 Å². The van der Waals surface area contributed by atoms with Crippen LogP contribution in [-0.2, 0) is 9.53 Å². The van der Waals surface area contributed by atoms with Gasteiger partial charge in [-0.25, -0.2) is 0 Å². The highest BCUT2D eigenvalue weighted by molar-refractivity contribution is 7.12. The van der Waals surface area contributed by atoms with Gasteiger partial charge in [0.15, 0.2) is 0 Å². The zero-order valence-corrected chi connectivity index (χ0v) is 12.2. The fraction of sp³-hybridized carbons (Fsp3) is 0.538. The van der Waals surface area contributed by atoms with Gasteiger partial charge in [0.25, 0.3) is 5.91 Å². The van der Waals surface area contributed by atoms with Crippen molar-refractivity contribution in [3.8, 4) is 0 Å². The smallest absolute Gasteiger partial charge is 0.307 e. The van der Waals surface area contributed by atoms with Crippen LogP contribution in [0, 0.1) is 0 Å². The quantitative estimate of drug-likeness (QED) is 0.805. The molecule has 0 saturated carbocycles. The van der Waals surface area contributed by atoms with Crippen molar-refractivity contribution in [2.75, 3.05) is 20.3 Å². The highest BCUT2D eigenvalue weighted by Crippen LogP contribution is 2.20. The van der Waals surface area contributed by atoms with E-state index in [2.05, 4.69) is 4.74 Å². The van der Waals surface area contributed by atoms with E-state index in [1.54, 1.807) is 26.0 Å². The zero-order valence-electron chi connectivity index (χ0n) is 11.4. The Labute approximate surface area is 116 Å². The minimum absolute atomic E-state index is 0.108. The minimum atomic E-state index is -0.727. The Morgan fingerprint density at radius 1 is 1.47 bits per heavy atom. The van der Waals surface area contributed by atoms with E-state index in [4.69, 9.17) is 0 Å². The molecule has 0 aliphatic rings. The molecular formula is C13H19NO4S. The lowest BCUT2D eigenvalue weighted by molar-refractivity contribution is -0.141. The number of hydrogen-bond acceptors (Lipinski definition) is 5. The highest BCUT2D eigenvalue weighted by Gasteiger charge is 2.31. The van der Waals surface area contributed by atoms with Crippen LogP contribution in [0.2, 0.25) is 0 Å². The lowest BCUT2D eigenvalue weighted by atomic mass is 10.0. The molecule has 0 radical (unpaired) electrons. The highest BCUT2D eigenvalue weighted by atomic mass is 32.1. The molecule has 0 saturated heterocycles. The third-order valence-electron chi connectivity index (χ3n) is 2.86. The molecule has 1 heterocycles. The first-order valence-electron chi connectivity index (χ1n) is 5.95. The number of aliphatic hydroxyl groups is 1. The van der Waals surface area contributed by atoms with Crippen LogP contribution < -0.4 is 0 Å². The Morgan fingerprint density at radius 2 is 2.16 bits per heavy atom. The number of thiophene rings is 1. The van der Waals surface area contributed by atoms with Crippen LogP contribution in [0.4, 0.5) is 0 Å². The van der Waals surface area contributed by atoms with Crippen LogP contribution in [0.1, 0.15) is 29.9 Å². The van der Waals surface area contributed by atoms with E-state index in [-0.39, 0.29) is 31.4 Å². The fourth-order valence-corrected chi connectivity index (χ4v) is 2.27. The Hall–Kier alpha value is -1.40. The van der Waals surface area contributed by atoms with Gasteiger partial charge < -0.3 is 14.7 Å². The molecular weight excluding hydrogens is 266 g/mol. The number of amides is 1. The molecule has 106 valence electrons. The van der Waals surface area contributed by atoms with Gasteiger partial charge in [-0.05, 0) is 25.3 Å². The SMILES string of the molecule is COC(=O)CCN(C(=O)c1cccs1)C(C)(C)CO. The van der Waals surface area contributed by atoms with Crippen molar-refractivity contribution < 1.29 is 19.4 Å². The molecule has 0 aromatic carbocycles. The minimum Gasteiger partial charge on any atom is -0.469 e. The molecule has 0 spiro atoms. The molecule has 1 aromatic rings. The molecule has 5 nitrogen and oxygen atoms in total. The van der Waals surface area contributed by atoms with Crippen molar-refractivity contribution in [1.82, 2.24) is 4.90 Å². The van der Waals surface area contributed by atoms with E-state index in [9.17, 15) is 14.7 Å². The van der Waals surface area contributed by atoms with Gasteiger partial charge in [-0.1, -0.05) is 6.07 Å². The second kappa shape index (κ2) is 6.68. The Morgan fingerprint density at radius 3 is 2.63 bits per heavy atom. The predicted octanol–water partition coefficient (Wildman–Crippen LogP) is 1.52. The van der Waals surface area contributed by atoms with Gasteiger partial charge in [0.2, 0.25) is 0 Å². The first-order valence-corrected chi connectivity index (χ1v) is 6.83. The number of nitrogens with zero attached hydrogens (tertiary/aromatic N) is 1. The van der Waals surface area contributed by atoms with Crippen LogP contribution in [0.3, 0.4) is 0 Å². The van der Waals surface area contributed by atoms with Gasteiger partial charge >= 0.3 is 5.97 Å². The third-order valence-corrected chi connectivity index (χ3v) is 3.72. The average molecular weight is 285 g/mol. The topological polar surface area (TPSA) is 66.8 Å². The molecule has 1 rings (SSSR count). The van der Waals surface area contributed by atoms with E-state index in [0.717, 1.165) is 0 Å². The normalized spacial score (nSPS) is 11.2. The lowest BCUT2D eigenvalue weighted by Crippen LogP contribution is -2.50. The Kier molecular flexibility index (Phi) is 5.50. The number of carbonyl (C=O) groups is 2. The Bertz CT molecular complexity index is 428. The Balaban J connectivity index is 2.86. The van der Waals surface area contributed by atoms with Crippen molar-refractivity contribution in [3.63, 3.8) is 0 Å². The summed E-state index contributed by atoms with van der Waals surface area (Å²) in [4.78, 5) is 25.7. The predicted molar refractivity (Wildman–Crippen MR) is 73.2 cm³/mol. The largest absolute Gasteiger partial charge is 0.469 e. The standard InChI is InChI=1S/C13H19NO4S/c1-13(2,9-15)14(7-6-11(16)18-3)12(17)10-5-4-8-19-10/h4-5,8,15H,6-7,9H2,1-3H3. The van der Waals surface area contributed by atoms with E-state index in [1.165, 1.54) is 23.3 Å². The molecule has 19 heavy (non-hydrogen) atoms. The number of aliphatic hydroxyl groups excluding tert-OH is 1. The van der Waals surface area contributed by atoms with Gasteiger partial charge in [-0.3, -0.25) is 9.59 Å². The molecule has 0 fully saturated rings. The van der Waals surface area contributed by atoms with E-state index in [1.807, 2.05) is 5.38 Å². The lowest BCUT2D eigenvalue weighted by Gasteiger charge is -2.36. The molecule has 1 amide bonds. The number of hydrogen-bond donors (Lipinski definition) is 1. The summed E-state index contributed by atoms with van der Waals surface area (Å²) in [6.07, 6.45) is 0.108.